The van der Waals surface area contributed by atoms with Crippen LogP contribution < -0.4 is 5.32 Å². The van der Waals surface area contributed by atoms with Gasteiger partial charge in [-0.25, -0.2) is 4.79 Å². The molecule has 1 aromatic carbocycles. The number of aryl methyl sites for hydroxylation is 2. The molecule has 18 heavy (non-hydrogen) atoms. The Kier molecular flexibility index (Phi) is 3.27. The van der Waals surface area contributed by atoms with E-state index in [-0.39, 0.29) is 5.56 Å². The van der Waals surface area contributed by atoms with Crippen LogP contribution in [0.1, 0.15) is 21.7 Å². The monoisotopic (exact) mass is 246 g/mol. The third-order valence-corrected chi connectivity index (χ3v) is 2.65. The fourth-order valence-corrected chi connectivity index (χ4v) is 1.63. The Morgan fingerprint density at radius 2 is 2.28 bits per heavy atom. The highest BCUT2D eigenvalue weighted by molar-refractivity contribution is 5.94. The van der Waals surface area contributed by atoms with Gasteiger partial charge in [-0.3, -0.25) is 0 Å². The summed E-state index contributed by atoms with van der Waals surface area (Å²) in [4.78, 5) is 11.1. The van der Waals surface area contributed by atoms with Crippen LogP contribution >= 0.6 is 0 Å². The number of benzene rings is 1. The lowest BCUT2D eigenvalue weighted by Crippen LogP contribution is -2.09. The van der Waals surface area contributed by atoms with Gasteiger partial charge in [0.15, 0.2) is 5.82 Å². The van der Waals surface area contributed by atoms with Crippen molar-refractivity contribution in [3.63, 3.8) is 0 Å². The average molecular weight is 246 g/mol. The summed E-state index contributed by atoms with van der Waals surface area (Å²) in [5.41, 5.74) is 1.84. The number of carboxylic acids is 1. The van der Waals surface area contributed by atoms with Crippen molar-refractivity contribution in [1.82, 2.24) is 14.8 Å². The van der Waals surface area contributed by atoms with Crippen molar-refractivity contribution in [1.29, 1.82) is 0 Å². The lowest BCUT2D eigenvalue weighted by Gasteiger charge is -2.10. The molecule has 2 aromatic rings. The van der Waals surface area contributed by atoms with Crippen molar-refractivity contribution in [2.75, 3.05) is 5.32 Å². The topological polar surface area (TPSA) is 80.0 Å². The average Bonchev–Trinajstić information content (AvgIpc) is 2.72. The van der Waals surface area contributed by atoms with Gasteiger partial charge in [0.2, 0.25) is 0 Å². The zero-order valence-electron chi connectivity index (χ0n) is 10.2. The molecule has 6 heteroatoms. The number of carboxylic acid groups (broad SMARTS) is 1. The molecule has 6 nitrogen and oxygen atoms in total. The van der Waals surface area contributed by atoms with Gasteiger partial charge in [-0.1, -0.05) is 6.07 Å². The molecule has 0 atom stereocenters. The van der Waals surface area contributed by atoms with E-state index in [1.165, 1.54) is 0 Å². The highest BCUT2D eigenvalue weighted by atomic mass is 16.4. The summed E-state index contributed by atoms with van der Waals surface area (Å²) in [5.74, 6) is -0.205. The second-order valence-electron chi connectivity index (χ2n) is 4.07. The van der Waals surface area contributed by atoms with Gasteiger partial charge < -0.3 is 15.0 Å². The molecule has 0 unspecified atom stereocenters. The summed E-state index contributed by atoms with van der Waals surface area (Å²) in [5, 5.41) is 19.9. The van der Waals surface area contributed by atoms with E-state index in [1.807, 2.05) is 14.0 Å². The van der Waals surface area contributed by atoms with Crippen LogP contribution in [-0.2, 0) is 13.6 Å². The molecule has 0 fully saturated rings. The first kappa shape index (κ1) is 12.1. The lowest BCUT2D eigenvalue weighted by molar-refractivity contribution is 0.0698. The summed E-state index contributed by atoms with van der Waals surface area (Å²) in [6.07, 6.45) is 1.60. The van der Waals surface area contributed by atoms with Crippen LogP contribution in [0.15, 0.2) is 24.5 Å². The molecule has 0 bridgehead atoms. The fraction of sp³-hybridized carbons (Fsp3) is 0.250. The van der Waals surface area contributed by atoms with Gasteiger partial charge in [0.25, 0.3) is 0 Å². The first-order valence-corrected chi connectivity index (χ1v) is 5.48. The van der Waals surface area contributed by atoms with E-state index in [2.05, 4.69) is 15.5 Å². The summed E-state index contributed by atoms with van der Waals surface area (Å²) in [6, 6.07) is 5.17. The van der Waals surface area contributed by atoms with E-state index >= 15 is 0 Å². The minimum absolute atomic E-state index is 0.253. The normalized spacial score (nSPS) is 10.3. The molecule has 2 N–H and O–H groups in total. The summed E-state index contributed by atoms with van der Waals surface area (Å²) >= 11 is 0. The maximum atomic E-state index is 11.1. The van der Waals surface area contributed by atoms with E-state index in [9.17, 15) is 4.79 Å². The largest absolute Gasteiger partial charge is 0.478 e. The lowest BCUT2D eigenvalue weighted by atomic mass is 10.1. The SMILES string of the molecule is Cc1ccc(C(=O)O)c(NCc2nncn2C)c1. The third-order valence-electron chi connectivity index (χ3n) is 2.65. The number of carbonyl (C=O) groups is 1. The number of hydrogen-bond acceptors (Lipinski definition) is 4. The van der Waals surface area contributed by atoms with Gasteiger partial charge in [-0.05, 0) is 24.6 Å². The molecule has 0 aliphatic carbocycles. The van der Waals surface area contributed by atoms with E-state index < -0.39 is 5.97 Å². The Balaban J connectivity index is 2.20. The first-order chi connectivity index (χ1) is 8.58. The number of aromatic carboxylic acids is 1. The quantitative estimate of drug-likeness (QED) is 0.853. The molecule has 0 spiro atoms. The summed E-state index contributed by atoms with van der Waals surface area (Å²) < 4.78 is 1.78. The molecule has 1 aromatic heterocycles. The number of rotatable bonds is 4. The molecule has 94 valence electrons. The standard InChI is InChI=1S/C12H14N4O2/c1-8-3-4-9(12(17)18)10(5-8)13-6-11-15-14-7-16(11)2/h3-5,7,13H,6H2,1-2H3,(H,17,18). The van der Waals surface area contributed by atoms with Crippen molar-refractivity contribution in [3.05, 3.63) is 41.5 Å². The Bertz CT molecular complexity index is 577. The van der Waals surface area contributed by atoms with Crippen LogP contribution in [0.5, 0.6) is 0 Å². The second kappa shape index (κ2) is 4.87. The van der Waals surface area contributed by atoms with Gasteiger partial charge in [0, 0.05) is 12.7 Å². The Morgan fingerprint density at radius 1 is 1.50 bits per heavy atom. The van der Waals surface area contributed by atoms with Gasteiger partial charge in [-0.15, -0.1) is 10.2 Å². The zero-order valence-corrected chi connectivity index (χ0v) is 10.2. The number of nitrogens with zero attached hydrogens (tertiary/aromatic N) is 3. The van der Waals surface area contributed by atoms with Crippen LogP contribution in [0.25, 0.3) is 0 Å². The number of anilines is 1. The van der Waals surface area contributed by atoms with Crippen molar-refractivity contribution in [2.24, 2.45) is 7.05 Å². The van der Waals surface area contributed by atoms with Crippen LogP contribution in [0.4, 0.5) is 5.69 Å². The van der Waals surface area contributed by atoms with Crippen LogP contribution in [0.3, 0.4) is 0 Å². The van der Waals surface area contributed by atoms with E-state index in [1.54, 1.807) is 29.1 Å². The second-order valence-corrected chi connectivity index (χ2v) is 4.07. The van der Waals surface area contributed by atoms with E-state index in [0.717, 1.165) is 11.4 Å². The van der Waals surface area contributed by atoms with Gasteiger partial charge in [0.1, 0.15) is 6.33 Å². The number of nitrogens with one attached hydrogen (secondary N) is 1. The molecule has 0 amide bonds. The molecule has 0 aliphatic rings. The first-order valence-electron chi connectivity index (χ1n) is 5.48. The molecular formula is C12H14N4O2. The zero-order chi connectivity index (χ0) is 13.1. The molecule has 2 rings (SSSR count). The van der Waals surface area contributed by atoms with Crippen molar-refractivity contribution < 1.29 is 9.90 Å². The Hall–Kier alpha value is -2.37. The minimum atomic E-state index is -0.949. The van der Waals surface area contributed by atoms with Crippen LogP contribution in [0.2, 0.25) is 0 Å². The summed E-state index contributed by atoms with van der Waals surface area (Å²) in [7, 11) is 1.84. The highest BCUT2D eigenvalue weighted by Crippen LogP contribution is 2.18. The molecule has 1 heterocycles. The van der Waals surface area contributed by atoms with Crippen molar-refractivity contribution in [2.45, 2.75) is 13.5 Å². The predicted molar refractivity (Wildman–Crippen MR) is 66.5 cm³/mol. The van der Waals surface area contributed by atoms with Crippen molar-refractivity contribution >= 4 is 11.7 Å². The smallest absolute Gasteiger partial charge is 0.337 e. The maximum absolute atomic E-state index is 11.1. The molecule has 0 radical (unpaired) electrons. The number of aromatic nitrogens is 3. The molecule has 0 saturated carbocycles. The third kappa shape index (κ3) is 2.48. The molecule has 0 saturated heterocycles. The van der Waals surface area contributed by atoms with Gasteiger partial charge in [-0.2, -0.15) is 0 Å². The molecule has 0 aliphatic heterocycles. The maximum Gasteiger partial charge on any atom is 0.337 e. The molecular weight excluding hydrogens is 232 g/mol. The number of hydrogen-bond donors (Lipinski definition) is 2. The van der Waals surface area contributed by atoms with Crippen LogP contribution in [-0.4, -0.2) is 25.8 Å². The van der Waals surface area contributed by atoms with Crippen molar-refractivity contribution in [3.8, 4) is 0 Å². The summed E-state index contributed by atoms with van der Waals surface area (Å²) in [6.45, 7) is 2.35. The fourth-order valence-electron chi connectivity index (χ4n) is 1.63. The predicted octanol–water partition coefficient (Wildman–Crippen LogP) is 1.43. The minimum Gasteiger partial charge on any atom is -0.478 e. The van der Waals surface area contributed by atoms with Gasteiger partial charge in [0.05, 0.1) is 12.1 Å². The Morgan fingerprint density at radius 3 is 2.89 bits per heavy atom. The highest BCUT2D eigenvalue weighted by Gasteiger charge is 2.10. The van der Waals surface area contributed by atoms with E-state index in [0.29, 0.717) is 12.2 Å². The van der Waals surface area contributed by atoms with Crippen LogP contribution in [0, 0.1) is 6.92 Å². The van der Waals surface area contributed by atoms with Gasteiger partial charge >= 0.3 is 5.97 Å². The Labute approximate surface area is 104 Å². The van der Waals surface area contributed by atoms with E-state index in [4.69, 9.17) is 5.11 Å².